The van der Waals surface area contributed by atoms with Crippen molar-refractivity contribution in [2.24, 2.45) is 7.05 Å². The monoisotopic (exact) mass is 441 g/mol. The minimum absolute atomic E-state index is 0.0282. The highest BCUT2D eigenvalue weighted by atomic mass is 32.1. The fourth-order valence-corrected chi connectivity index (χ4v) is 5.43. The molecule has 4 aromatic rings. The third-order valence-corrected chi connectivity index (χ3v) is 6.90. The van der Waals surface area contributed by atoms with Crippen molar-refractivity contribution < 1.29 is 8.78 Å². The van der Waals surface area contributed by atoms with Crippen LogP contribution in [0.25, 0.3) is 10.2 Å². The molecule has 0 amide bonds. The summed E-state index contributed by atoms with van der Waals surface area (Å²) in [4.78, 5) is 19.6. The second kappa shape index (κ2) is 7.97. The zero-order valence-corrected chi connectivity index (χ0v) is 17.8. The summed E-state index contributed by atoms with van der Waals surface area (Å²) < 4.78 is 30.6. The molecule has 1 aromatic carbocycles. The second-order valence-corrected chi connectivity index (χ2v) is 9.02. The molecule has 1 N–H and O–H groups in total. The van der Waals surface area contributed by atoms with Crippen molar-refractivity contribution in [3.8, 4) is 0 Å². The van der Waals surface area contributed by atoms with Crippen LogP contribution in [-0.2, 0) is 33.0 Å². The van der Waals surface area contributed by atoms with Crippen LogP contribution in [-0.4, -0.2) is 25.4 Å². The Labute approximate surface area is 181 Å². The van der Waals surface area contributed by atoms with Gasteiger partial charge in [0, 0.05) is 41.8 Å². The van der Waals surface area contributed by atoms with E-state index >= 15 is 0 Å². The Balaban J connectivity index is 1.36. The lowest BCUT2D eigenvalue weighted by Crippen LogP contribution is -2.34. The van der Waals surface area contributed by atoms with E-state index in [9.17, 15) is 13.6 Å². The zero-order chi connectivity index (χ0) is 21.5. The first-order valence-corrected chi connectivity index (χ1v) is 10.9. The fourth-order valence-electron chi connectivity index (χ4n) is 4.17. The Morgan fingerprint density at radius 3 is 3.00 bits per heavy atom. The molecular weight excluding hydrogens is 420 g/mol. The van der Waals surface area contributed by atoms with Crippen molar-refractivity contribution in [1.29, 1.82) is 0 Å². The Morgan fingerprint density at radius 2 is 2.19 bits per heavy atom. The molecule has 0 saturated heterocycles. The summed E-state index contributed by atoms with van der Waals surface area (Å²) in [7, 11) is 1.84. The molecule has 5 rings (SSSR count). The van der Waals surface area contributed by atoms with E-state index in [-0.39, 0.29) is 18.1 Å². The molecule has 1 aliphatic rings. The van der Waals surface area contributed by atoms with Crippen LogP contribution in [0.2, 0.25) is 0 Å². The minimum atomic E-state index is -0.442. The number of hydrogen-bond acceptors (Lipinski definition) is 5. The molecule has 0 unspecified atom stereocenters. The maximum absolute atomic E-state index is 13.9. The van der Waals surface area contributed by atoms with Crippen molar-refractivity contribution in [3.63, 3.8) is 0 Å². The van der Waals surface area contributed by atoms with Gasteiger partial charge in [-0.2, -0.15) is 5.10 Å². The minimum Gasteiger partial charge on any atom is -0.309 e. The molecule has 0 aliphatic heterocycles. The first-order chi connectivity index (χ1) is 15.0. The number of aromatic nitrogens is 4. The molecule has 160 valence electrons. The summed E-state index contributed by atoms with van der Waals surface area (Å²) in [6.07, 6.45) is 7.56. The quantitative estimate of drug-likeness (QED) is 0.517. The molecule has 0 fully saturated rings. The molecule has 1 aliphatic carbocycles. The van der Waals surface area contributed by atoms with Crippen molar-refractivity contribution >= 4 is 21.6 Å². The molecule has 0 saturated carbocycles. The van der Waals surface area contributed by atoms with Gasteiger partial charge in [0.2, 0.25) is 0 Å². The molecule has 3 heterocycles. The molecule has 3 aromatic heterocycles. The van der Waals surface area contributed by atoms with Crippen LogP contribution in [0.3, 0.4) is 0 Å². The van der Waals surface area contributed by atoms with E-state index in [4.69, 9.17) is 0 Å². The van der Waals surface area contributed by atoms with Gasteiger partial charge in [0.1, 0.15) is 16.5 Å². The Morgan fingerprint density at radius 1 is 1.32 bits per heavy atom. The molecule has 6 nitrogen and oxygen atoms in total. The average molecular weight is 442 g/mol. The topological polar surface area (TPSA) is 64.7 Å². The summed E-state index contributed by atoms with van der Waals surface area (Å²) in [5.74, 6) is -0.854. The van der Waals surface area contributed by atoms with Gasteiger partial charge in [-0.1, -0.05) is 0 Å². The number of nitrogens with one attached hydrogen (secondary N) is 1. The number of nitrogens with zero attached hydrogens (tertiary/aromatic N) is 4. The van der Waals surface area contributed by atoms with Crippen LogP contribution in [0.4, 0.5) is 8.78 Å². The average Bonchev–Trinajstić information content (AvgIpc) is 3.33. The van der Waals surface area contributed by atoms with Crippen LogP contribution < -0.4 is 10.9 Å². The highest BCUT2D eigenvalue weighted by Crippen LogP contribution is 2.33. The van der Waals surface area contributed by atoms with Gasteiger partial charge in [-0.15, -0.1) is 11.3 Å². The Kier molecular flexibility index (Phi) is 5.15. The van der Waals surface area contributed by atoms with E-state index in [0.29, 0.717) is 17.5 Å². The lowest BCUT2D eigenvalue weighted by molar-refractivity contribution is 0.454. The fraction of sp³-hybridized carbons (Fsp3) is 0.318. The highest BCUT2D eigenvalue weighted by Gasteiger charge is 2.25. The Hall–Kier alpha value is -2.91. The molecule has 0 bridgehead atoms. The van der Waals surface area contributed by atoms with E-state index in [2.05, 4.69) is 15.4 Å². The predicted molar refractivity (Wildman–Crippen MR) is 115 cm³/mol. The maximum Gasteiger partial charge on any atom is 0.262 e. The smallest absolute Gasteiger partial charge is 0.262 e. The van der Waals surface area contributed by atoms with Gasteiger partial charge in [0.25, 0.3) is 5.56 Å². The van der Waals surface area contributed by atoms with E-state index in [1.54, 1.807) is 33.1 Å². The first kappa shape index (κ1) is 20.0. The summed E-state index contributed by atoms with van der Waals surface area (Å²) in [5.41, 5.74) is 2.32. The van der Waals surface area contributed by atoms with Gasteiger partial charge in [0.05, 0.1) is 24.5 Å². The van der Waals surface area contributed by atoms with Crippen LogP contribution in [0.15, 0.2) is 41.7 Å². The zero-order valence-electron chi connectivity index (χ0n) is 16.9. The standard InChI is InChI=1S/C22H21F2N5OS/c1-28-10-13(8-27-28)11-29-12-26-21-20(22(29)30)17-4-3-16(7-19(17)31-21)25-9-14-6-15(23)2-5-18(14)24/h2,5-6,8,10,12,16,25H,3-4,7,9,11H2,1H3/t16-/m1/s1. The normalized spacial score (nSPS) is 16.0. The van der Waals surface area contributed by atoms with Gasteiger partial charge in [0.15, 0.2) is 0 Å². The number of thiophene rings is 1. The maximum atomic E-state index is 13.9. The molecule has 31 heavy (non-hydrogen) atoms. The van der Waals surface area contributed by atoms with Crippen molar-refractivity contribution in [2.75, 3.05) is 0 Å². The van der Waals surface area contributed by atoms with Crippen molar-refractivity contribution in [1.82, 2.24) is 24.6 Å². The van der Waals surface area contributed by atoms with E-state index in [0.717, 1.165) is 52.2 Å². The summed E-state index contributed by atoms with van der Waals surface area (Å²) >= 11 is 1.55. The highest BCUT2D eigenvalue weighted by molar-refractivity contribution is 7.18. The van der Waals surface area contributed by atoms with Gasteiger partial charge in [-0.3, -0.25) is 14.0 Å². The third-order valence-electron chi connectivity index (χ3n) is 5.74. The SMILES string of the molecule is Cn1cc(Cn2cnc3sc4c(c3c2=O)CC[C@@H](NCc2cc(F)ccc2F)C4)cn1. The van der Waals surface area contributed by atoms with Crippen molar-refractivity contribution in [2.45, 2.75) is 38.4 Å². The summed E-state index contributed by atoms with van der Waals surface area (Å²) in [6, 6.07) is 3.64. The second-order valence-electron chi connectivity index (χ2n) is 7.94. The van der Waals surface area contributed by atoms with Gasteiger partial charge >= 0.3 is 0 Å². The molecule has 9 heteroatoms. The molecule has 0 spiro atoms. The van der Waals surface area contributed by atoms with Gasteiger partial charge in [-0.05, 0) is 43.0 Å². The number of halogens is 2. The van der Waals surface area contributed by atoms with Crippen LogP contribution >= 0.6 is 11.3 Å². The van der Waals surface area contributed by atoms with E-state index in [1.165, 1.54) is 6.07 Å². The van der Waals surface area contributed by atoms with E-state index in [1.807, 2.05) is 13.2 Å². The third kappa shape index (κ3) is 3.90. The lowest BCUT2D eigenvalue weighted by Gasteiger charge is -2.23. The number of benzene rings is 1. The van der Waals surface area contributed by atoms with E-state index < -0.39 is 11.6 Å². The largest absolute Gasteiger partial charge is 0.309 e. The Bertz CT molecular complexity index is 1330. The first-order valence-electron chi connectivity index (χ1n) is 10.1. The predicted octanol–water partition coefficient (Wildman–Crippen LogP) is 3.17. The summed E-state index contributed by atoms with van der Waals surface area (Å²) in [6.45, 7) is 0.703. The number of rotatable bonds is 5. The summed E-state index contributed by atoms with van der Waals surface area (Å²) in [5, 5.41) is 8.20. The van der Waals surface area contributed by atoms with Crippen LogP contribution in [0, 0.1) is 11.6 Å². The van der Waals surface area contributed by atoms with Crippen LogP contribution in [0.1, 0.15) is 28.0 Å². The molecule has 0 radical (unpaired) electrons. The molecular formula is C22H21F2N5OS. The van der Waals surface area contributed by atoms with Crippen LogP contribution in [0.5, 0.6) is 0 Å². The number of fused-ring (bicyclic) bond motifs is 3. The van der Waals surface area contributed by atoms with Gasteiger partial charge in [-0.25, -0.2) is 13.8 Å². The number of hydrogen-bond donors (Lipinski definition) is 1. The lowest BCUT2D eigenvalue weighted by atomic mass is 9.93. The van der Waals surface area contributed by atoms with Gasteiger partial charge < -0.3 is 5.32 Å². The molecule has 1 atom stereocenters. The number of aryl methyl sites for hydroxylation is 2. The van der Waals surface area contributed by atoms with Crippen molar-refractivity contribution in [3.05, 3.63) is 80.5 Å².